The number of nitrogens with zero attached hydrogens (tertiary/aromatic N) is 3. The van der Waals surface area contributed by atoms with Crippen LogP contribution in [0.5, 0.6) is 0 Å². The summed E-state index contributed by atoms with van der Waals surface area (Å²) in [5.74, 6) is 0. The van der Waals surface area contributed by atoms with Crippen molar-refractivity contribution in [3.63, 3.8) is 0 Å². The molecule has 0 radical (unpaired) electrons. The maximum atomic E-state index is 12.0. The van der Waals surface area contributed by atoms with Crippen LogP contribution in [-0.4, -0.2) is 47.4 Å². The molecule has 2 heterocycles. The average Bonchev–Trinajstić information content (AvgIpc) is 2.83. The number of nitrogens with one attached hydrogen (secondary N) is 1. The first-order valence-electron chi connectivity index (χ1n) is 5.64. The first kappa shape index (κ1) is 12.3. The molecule has 0 aliphatic carbocycles. The molecule has 1 aliphatic heterocycles. The van der Waals surface area contributed by atoms with Crippen molar-refractivity contribution in [1.82, 2.24) is 15.1 Å². The van der Waals surface area contributed by atoms with Gasteiger partial charge in [0, 0.05) is 13.7 Å². The third kappa shape index (κ3) is 3.13. The van der Waals surface area contributed by atoms with Crippen molar-refractivity contribution in [1.29, 1.82) is 0 Å². The van der Waals surface area contributed by atoms with Crippen LogP contribution in [0.4, 0.5) is 9.93 Å². The Balaban J connectivity index is 1.96. The quantitative estimate of drug-likeness (QED) is 0.891. The van der Waals surface area contributed by atoms with Crippen molar-refractivity contribution < 1.29 is 9.53 Å². The summed E-state index contributed by atoms with van der Waals surface area (Å²) in [5.41, 5.74) is 1.60. The molecule has 1 fully saturated rings. The number of urea groups is 1. The second kappa shape index (κ2) is 5.92. The van der Waals surface area contributed by atoms with Crippen LogP contribution >= 0.6 is 11.3 Å². The van der Waals surface area contributed by atoms with E-state index in [0.717, 1.165) is 25.8 Å². The molecule has 0 aromatic carbocycles. The van der Waals surface area contributed by atoms with E-state index in [4.69, 9.17) is 4.74 Å². The summed E-state index contributed by atoms with van der Waals surface area (Å²) < 4.78 is 5.15. The molecule has 1 aromatic heterocycles. The first-order chi connectivity index (χ1) is 8.31. The molecule has 6 nitrogen and oxygen atoms in total. The Morgan fingerprint density at radius 3 is 3.29 bits per heavy atom. The van der Waals surface area contributed by atoms with Gasteiger partial charge in [-0.1, -0.05) is 11.3 Å². The van der Waals surface area contributed by atoms with E-state index >= 15 is 0 Å². The molecule has 1 atom stereocenters. The van der Waals surface area contributed by atoms with Crippen molar-refractivity contribution in [2.24, 2.45) is 0 Å². The number of rotatable bonds is 3. The minimum Gasteiger partial charge on any atom is -0.383 e. The monoisotopic (exact) mass is 256 g/mol. The third-order valence-electron chi connectivity index (χ3n) is 2.82. The van der Waals surface area contributed by atoms with Gasteiger partial charge in [0.2, 0.25) is 5.13 Å². The Morgan fingerprint density at radius 2 is 2.59 bits per heavy atom. The zero-order valence-corrected chi connectivity index (χ0v) is 10.6. The van der Waals surface area contributed by atoms with Crippen LogP contribution in [0.25, 0.3) is 0 Å². The van der Waals surface area contributed by atoms with Crippen LogP contribution in [0, 0.1) is 0 Å². The van der Waals surface area contributed by atoms with E-state index < -0.39 is 0 Å². The lowest BCUT2D eigenvalue weighted by Gasteiger charge is -2.34. The fourth-order valence-electron chi connectivity index (χ4n) is 2.02. The van der Waals surface area contributed by atoms with E-state index in [-0.39, 0.29) is 12.1 Å². The molecule has 2 amide bonds. The number of aromatic nitrogens is 2. The lowest BCUT2D eigenvalue weighted by molar-refractivity contribution is 0.0878. The number of hydrogen-bond acceptors (Lipinski definition) is 5. The Kier molecular flexibility index (Phi) is 4.27. The van der Waals surface area contributed by atoms with Crippen LogP contribution in [-0.2, 0) is 4.74 Å². The van der Waals surface area contributed by atoms with Gasteiger partial charge in [0.1, 0.15) is 5.51 Å². The number of methoxy groups -OCH3 is 1. The van der Waals surface area contributed by atoms with Crippen molar-refractivity contribution in [2.75, 3.05) is 25.6 Å². The van der Waals surface area contributed by atoms with Gasteiger partial charge in [-0.15, -0.1) is 10.2 Å². The van der Waals surface area contributed by atoms with Crippen molar-refractivity contribution in [2.45, 2.75) is 25.3 Å². The molecule has 7 heteroatoms. The lowest BCUT2D eigenvalue weighted by atomic mass is 10.0. The summed E-state index contributed by atoms with van der Waals surface area (Å²) in [5, 5.41) is 10.8. The molecule has 2 rings (SSSR count). The highest BCUT2D eigenvalue weighted by atomic mass is 32.1. The second-order valence-corrected chi connectivity index (χ2v) is 4.81. The minimum absolute atomic E-state index is 0.108. The van der Waals surface area contributed by atoms with E-state index in [0.29, 0.717) is 11.7 Å². The predicted molar refractivity (Wildman–Crippen MR) is 65.1 cm³/mol. The summed E-state index contributed by atoms with van der Waals surface area (Å²) in [4.78, 5) is 13.9. The molecular formula is C10H16N4O2S. The molecule has 1 aliphatic rings. The largest absolute Gasteiger partial charge is 0.383 e. The maximum Gasteiger partial charge on any atom is 0.324 e. The van der Waals surface area contributed by atoms with E-state index in [1.54, 1.807) is 12.6 Å². The molecule has 1 N–H and O–H groups in total. The van der Waals surface area contributed by atoms with Gasteiger partial charge in [-0.25, -0.2) is 4.79 Å². The van der Waals surface area contributed by atoms with Gasteiger partial charge in [0.15, 0.2) is 0 Å². The molecule has 1 aromatic rings. The highest BCUT2D eigenvalue weighted by Gasteiger charge is 2.26. The van der Waals surface area contributed by atoms with Gasteiger partial charge in [0.05, 0.1) is 12.6 Å². The van der Waals surface area contributed by atoms with E-state index in [2.05, 4.69) is 15.5 Å². The highest BCUT2D eigenvalue weighted by Crippen LogP contribution is 2.19. The topological polar surface area (TPSA) is 67.3 Å². The van der Waals surface area contributed by atoms with Crippen molar-refractivity contribution in [3.8, 4) is 0 Å². The number of likely N-dealkylation sites (tertiary alicyclic amines) is 1. The Hall–Kier alpha value is -1.21. The number of amides is 2. The second-order valence-electron chi connectivity index (χ2n) is 3.97. The Morgan fingerprint density at radius 1 is 1.71 bits per heavy atom. The van der Waals surface area contributed by atoms with Crippen LogP contribution < -0.4 is 5.32 Å². The average molecular weight is 256 g/mol. The van der Waals surface area contributed by atoms with Gasteiger partial charge in [-0.2, -0.15) is 0 Å². The maximum absolute atomic E-state index is 12.0. The van der Waals surface area contributed by atoms with Crippen molar-refractivity contribution >= 4 is 22.5 Å². The number of anilines is 1. The Labute approximate surface area is 104 Å². The van der Waals surface area contributed by atoms with Gasteiger partial charge >= 0.3 is 6.03 Å². The molecule has 94 valence electrons. The van der Waals surface area contributed by atoms with Crippen molar-refractivity contribution in [3.05, 3.63) is 5.51 Å². The molecule has 17 heavy (non-hydrogen) atoms. The fraction of sp³-hybridized carbons (Fsp3) is 0.700. The molecule has 0 spiro atoms. The number of ether oxygens (including phenoxy) is 1. The molecular weight excluding hydrogens is 240 g/mol. The SMILES string of the molecule is COCC1CCCCN1C(=O)Nc1nncs1. The summed E-state index contributed by atoms with van der Waals surface area (Å²) in [6.45, 7) is 1.36. The predicted octanol–water partition coefficient (Wildman–Crippen LogP) is 1.57. The summed E-state index contributed by atoms with van der Waals surface area (Å²) in [6, 6.07) is 0.0603. The molecule has 1 saturated heterocycles. The van der Waals surface area contributed by atoms with Crippen LogP contribution in [0.3, 0.4) is 0 Å². The number of piperidine rings is 1. The molecule has 0 bridgehead atoms. The van der Waals surface area contributed by atoms with Crippen LogP contribution in [0.1, 0.15) is 19.3 Å². The zero-order valence-electron chi connectivity index (χ0n) is 9.76. The zero-order chi connectivity index (χ0) is 12.1. The first-order valence-corrected chi connectivity index (χ1v) is 6.52. The van der Waals surface area contributed by atoms with Gasteiger partial charge in [-0.3, -0.25) is 5.32 Å². The fourth-order valence-corrected chi connectivity index (χ4v) is 2.46. The number of hydrogen-bond donors (Lipinski definition) is 1. The van der Waals surface area contributed by atoms with Gasteiger partial charge in [0.25, 0.3) is 0 Å². The third-order valence-corrected chi connectivity index (χ3v) is 3.43. The summed E-state index contributed by atoms with van der Waals surface area (Å²) in [7, 11) is 1.66. The van der Waals surface area contributed by atoms with E-state index in [9.17, 15) is 4.79 Å². The smallest absolute Gasteiger partial charge is 0.324 e. The summed E-state index contributed by atoms with van der Waals surface area (Å²) >= 11 is 1.32. The van der Waals surface area contributed by atoms with Gasteiger partial charge in [-0.05, 0) is 19.3 Å². The minimum atomic E-state index is -0.108. The normalized spacial score (nSPS) is 20.3. The van der Waals surface area contributed by atoms with Gasteiger partial charge < -0.3 is 9.64 Å². The molecule has 0 saturated carbocycles. The van der Waals surface area contributed by atoms with E-state index in [1.807, 2.05) is 4.90 Å². The van der Waals surface area contributed by atoms with E-state index in [1.165, 1.54) is 11.3 Å². The highest BCUT2D eigenvalue weighted by molar-refractivity contribution is 7.13. The summed E-state index contributed by atoms with van der Waals surface area (Å²) in [6.07, 6.45) is 3.19. The lowest BCUT2D eigenvalue weighted by Crippen LogP contribution is -2.47. The van der Waals surface area contributed by atoms with Crippen LogP contribution in [0.2, 0.25) is 0 Å². The number of carbonyl (C=O) groups excluding carboxylic acids is 1. The van der Waals surface area contributed by atoms with Crippen LogP contribution in [0.15, 0.2) is 5.51 Å². The molecule has 1 unspecified atom stereocenters. The number of carbonyl (C=O) groups is 1. The Bertz CT molecular complexity index is 355. The standard InChI is InChI=1S/C10H16N4O2S/c1-16-6-8-4-2-3-5-14(8)10(15)12-9-13-11-7-17-9/h7-8H,2-6H2,1H3,(H,12,13,15).